The lowest BCUT2D eigenvalue weighted by Gasteiger charge is -2.34. The molecule has 0 bridgehead atoms. The number of hydrogen-bond donors (Lipinski definition) is 0. The molecule has 0 fully saturated rings. The minimum atomic E-state index is 0.0592. The summed E-state index contributed by atoms with van der Waals surface area (Å²) in [6, 6.07) is 42.0. The molecule has 246 valence electrons. The molecule has 5 aromatic rings. The summed E-state index contributed by atoms with van der Waals surface area (Å²) in [4.78, 5) is 2.46. The Morgan fingerprint density at radius 1 is 0.521 bits per heavy atom. The normalized spacial score (nSPS) is 15.8. The predicted octanol–water partition coefficient (Wildman–Crippen LogP) is 13.3. The van der Waals surface area contributed by atoms with E-state index in [-0.39, 0.29) is 5.41 Å². The van der Waals surface area contributed by atoms with Crippen LogP contribution in [0.4, 0.5) is 17.1 Å². The lowest BCUT2D eigenvalue weighted by Crippen LogP contribution is -2.26. The third-order valence-electron chi connectivity index (χ3n) is 11.3. The number of fused-ring (bicyclic) bond motifs is 4. The third kappa shape index (κ3) is 6.62. The second-order valence-corrected chi connectivity index (χ2v) is 14.7. The molecular weight excluding hydrogens is 579 g/mol. The van der Waals surface area contributed by atoms with Crippen LogP contribution in [-0.2, 0) is 24.7 Å². The first kappa shape index (κ1) is 32.4. The summed E-state index contributed by atoms with van der Waals surface area (Å²) >= 11 is 0. The van der Waals surface area contributed by atoms with Crippen LogP contribution in [0.2, 0.25) is 0 Å². The van der Waals surface area contributed by atoms with E-state index in [9.17, 15) is 0 Å². The van der Waals surface area contributed by atoms with Crippen molar-refractivity contribution in [3.63, 3.8) is 0 Å². The van der Waals surface area contributed by atoms with E-state index < -0.39 is 0 Å². The summed E-state index contributed by atoms with van der Waals surface area (Å²) < 4.78 is 0. The van der Waals surface area contributed by atoms with Crippen molar-refractivity contribution in [2.45, 2.75) is 110 Å². The van der Waals surface area contributed by atoms with Crippen LogP contribution in [0.15, 0.2) is 109 Å². The first-order chi connectivity index (χ1) is 23.6. The molecule has 7 rings (SSSR count). The topological polar surface area (TPSA) is 3.24 Å². The fraction of sp³-hybridized carbons (Fsp3) is 0.362. The Kier molecular flexibility index (Phi) is 9.85. The molecule has 1 atom stereocenters. The van der Waals surface area contributed by atoms with Crippen LogP contribution in [0.25, 0.3) is 11.1 Å². The summed E-state index contributed by atoms with van der Waals surface area (Å²) in [6.45, 7) is 6.67. The van der Waals surface area contributed by atoms with Gasteiger partial charge in [-0.2, -0.15) is 0 Å². The van der Waals surface area contributed by atoms with Gasteiger partial charge in [0.2, 0.25) is 0 Å². The molecule has 0 spiro atoms. The molecular formula is C47H53N. The molecule has 48 heavy (non-hydrogen) atoms. The van der Waals surface area contributed by atoms with Crippen molar-refractivity contribution in [2.75, 3.05) is 4.90 Å². The maximum atomic E-state index is 2.57. The molecule has 5 aromatic carbocycles. The van der Waals surface area contributed by atoms with Crippen molar-refractivity contribution < 1.29 is 0 Å². The quantitative estimate of drug-likeness (QED) is 0.104. The number of anilines is 3. The molecule has 1 heteroatoms. The summed E-state index contributed by atoms with van der Waals surface area (Å²) in [5, 5.41) is 0. The van der Waals surface area contributed by atoms with E-state index in [1.54, 1.807) is 27.8 Å². The number of unbranched alkanes of at least 4 members (excludes halogenated alkanes) is 6. The van der Waals surface area contributed by atoms with Crippen molar-refractivity contribution in [1.82, 2.24) is 0 Å². The molecule has 0 N–H and O–H groups in total. The van der Waals surface area contributed by atoms with Crippen molar-refractivity contribution >= 4 is 17.1 Å². The Labute approximate surface area is 290 Å². The zero-order valence-electron chi connectivity index (χ0n) is 29.5. The van der Waals surface area contributed by atoms with Gasteiger partial charge in [0.15, 0.2) is 0 Å². The Balaban J connectivity index is 1.19. The maximum Gasteiger partial charge on any atom is 0.0465 e. The van der Waals surface area contributed by atoms with Crippen molar-refractivity contribution in [3.8, 4) is 11.1 Å². The Morgan fingerprint density at radius 3 is 1.77 bits per heavy atom. The molecule has 1 nitrogen and oxygen atoms in total. The highest BCUT2D eigenvalue weighted by atomic mass is 15.1. The van der Waals surface area contributed by atoms with Gasteiger partial charge in [-0.25, -0.2) is 0 Å². The van der Waals surface area contributed by atoms with E-state index >= 15 is 0 Å². The van der Waals surface area contributed by atoms with E-state index in [0.29, 0.717) is 0 Å². The number of benzene rings is 5. The Morgan fingerprint density at radius 2 is 1.12 bits per heavy atom. The van der Waals surface area contributed by atoms with E-state index in [0.717, 1.165) is 0 Å². The predicted molar refractivity (Wildman–Crippen MR) is 206 cm³/mol. The zero-order chi connectivity index (χ0) is 32.9. The first-order valence-corrected chi connectivity index (χ1v) is 18.8. The summed E-state index contributed by atoms with van der Waals surface area (Å²) in [5.74, 6) is 0. The van der Waals surface area contributed by atoms with Crippen LogP contribution in [-0.4, -0.2) is 0 Å². The Bertz CT molecular complexity index is 1780. The minimum absolute atomic E-state index is 0.0592. The average molecular weight is 632 g/mol. The summed E-state index contributed by atoms with van der Waals surface area (Å²) in [7, 11) is 0. The number of hydrogen-bond acceptors (Lipinski definition) is 1. The number of aryl methyl sites for hydroxylation is 5. The fourth-order valence-corrected chi connectivity index (χ4v) is 8.45. The molecule has 2 aliphatic rings. The van der Waals surface area contributed by atoms with Gasteiger partial charge in [0.1, 0.15) is 0 Å². The maximum absolute atomic E-state index is 2.57. The highest BCUT2D eigenvalue weighted by molar-refractivity contribution is 5.85. The van der Waals surface area contributed by atoms with Crippen LogP contribution in [0.3, 0.4) is 0 Å². The highest BCUT2D eigenvalue weighted by Gasteiger charge is 2.42. The third-order valence-corrected chi connectivity index (χ3v) is 11.3. The van der Waals surface area contributed by atoms with E-state index in [1.807, 2.05) is 0 Å². The highest BCUT2D eigenvalue weighted by Crippen LogP contribution is 2.55. The van der Waals surface area contributed by atoms with Crippen molar-refractivity contribution in [2.24, 2.45) is 0 Å². The molecule has 0 heterocycles. The van der Waals surface area contributed by atoms with Gasteiger partial charge in [-0.15, -0.1) is 0 Å². The van der Waals surface area contributed by atoms with Crippen LogP contribution >= 0.6 is 0 Å². The minimum Gasteiger partial charge on any atom is -0.310 e. The zero-order valence-corrected chi connectivity index (χ0v) is 29.5. The van der Waals surface area contributed by atoms with E-state index in [4.69, 9.17) is 0 Å². The van der Waals surface area contributed by atoms with Gasteiger partial charge in [0.25, 0.3) is 0 Å². The van der Waals surface area contributed by atoms with Crippen LogP contribution in [0.5, 0.6) is 0 Å². The molecule has 0 amide bonds. The second-order valence-electron chi connectivity index (χ2n) is 14.7. The van der Waals surface area contributed by atoms with E-state index in [1.165, 1.54) is 123 Å². The van der Waals surface area contributed by atoms with Gasteiger partial charge in [0.05, 0.1) is 0 Å². The summed E-state index contributed by atoms with van der Waals surface area (Å²) in [5.41, 5.74) is 17.0. The second kappa shape index (κ2) is 14.6. The van der Waals surface area contributed by atoms with Crippen molar-refractivity contribution in [1.29, 1.82) is 0 Å². The monoisotopic (exact) mass is 631 g/mol. The SMILES string of the molecule is CCCCCCC1(CCCCCCc2ccc3c(c2)CC3)c2ccccc2-c2ccc(N(c3ccc(C)cc3)c3ccc(C)cc3)cc21. The molecule has 0 aromatic heterocycles. The summed E-state index contributed by atoms with van der Waals surface area (Å²) in [6.07, 6.45) is 16.6. The van der Waals surface area contributed by atoms with Gasteiger partial charge in [-0.3, -0.25) is 0 Å². The Hall–Kier alpha value is -4.10. The molecule has 0 saturated carbocycles. The molecule has 2 aliphatic carbocycles. The van der Waals surface area contributed by atoms with Crippen LogP contribution in [0.1, 0.15) is 110 Å². The number of nitrogens with zero attached hydrogens (tertiary/aromatic N) is 1. The lowest BCUT2D eigenvalue weighted by molar-refractivity contribution is 0.400. The average Bonchev–Trinajstić information content (AvgIpc) is 3.36. The van der Waals surface area contributed by atoms with Gasteiger partial charge in [0, 0.05) is 22.5 Å². The first-order valence-electron chi connectivity index (χ1n) is 18.8. The molecule has 0 aliphatic heterocycles. The number of rotatable bonds is 15. The van der Waals surface area contributed by atoms with Crippen LogP contribution < -0.4 is 4.90 Å². The fourth-order valence-electron chi connectivity index (χ4n) is 8.45. The molecule has 0 radical (unpaired) electrons. The molecule has 1 unspecified atom stereocenters. The molecule has 0 saturated heterocycles. The van der Waals surface area contributed by atoms with E-state index in [2.05, 4.69) is 135 Å². The van der Waals surface area contributed by atoms with Crippen molar-refractivity contribution in [3.05, 3.63) is 148 Å². The lowest BCUT2D eigenvalue weighted by atomic mass is 9.70. The smallest absolute Gasteiger partial charge is 0.0465 e. The van der Waals surface area contributed by atoms with Gasteiger partial charge >= 0.3 is 0 Å². The van der Waals surface area contributed by atoms with Crippen LogP contribution in [0, 0.1) is 13.8 Å². The van der Waals surface area contributed by atoms with Gasteiger partial charge < -0.3 is 4.90 Å². The van der Waals surface area contributed by atoms with Gasteiger partial charge in [-0.05, 0) is 128 Å². The standard InChI is InChI=1S/C47H53N/c1-4-5-6-12-31-47(32-13-8-7-9-14-37-21-22-38-23-24-39(38)33-37)45-16-11-10-15-43(45)44-30-29-42(34-46(44)47)48(40-25-17-35(2)18-26-40)41-27-19-36(3)20-28-41/h10-11,15-22,25-30,33-34H,4-9,12-14,23-24,31-32H2,1-3H3. The van der Waals surface area contributed by atoms with Gasteiger partial charge in [-0.1, -0.05) is 136 Å². The largest absolute Gasteiger partial charge is 0.310 e.